The van der Waals surface area contributed by atoms with Crippen molar-refractivity contribution in [3.63, 3.8) is 0 Å². The molecule has 1 aliphatic rings. The largest absolute Gasteiger partial charge is 0.506 e. The van der Waals surface area contributed by atoms with E-state index in [0.29, 0.717) is 0 Å². The lowest BCUT2D eigenvalue weighted by Gasteiger charge is -2.35. The number of nitrogens with two attached hydrogens (primary N) is 1. The quantitative estimate of drug-likeness (QED) is 0.491. The van der Waals surface area contributed by atoms with E-state index >= 15 is 0 Å². The fourth-order valence-corrected chi connectivity index (χ4v) is 1.96. The molecule has 0 saturated carbocycles. The molecule has 1 fully saturated rings. The number of halogens is 1. The molecule has 0 bridgehead atoms. The number of aromatic hydroxyl groups is 1. The van der Waals surface area contributed by atoms with Gasteiger partial charge < -0.3 is 20.5 Å². The average molecular weight is 341 g/mol. The highest BCUT2D eigenvalue weighted by Gasteiger charge is 2.28. The summed E-state index contributed by atoms with van der Waals surface area (Å²) in [6.45, 7) is 5.47. The molecular weight excluding hydrogens is 313 g/mol. The van der Waals surface area contributed by atoms with Crippen LogP contribution in [0.3, 0.4) is 0 Å². The number of likely N-dealkylation sites (tertiary alicyclic amines) is 1. The van der Waals surface area contributed by atoms with Crippen LogP contribution in [0.1, 0.15) is 33.1 Å². The standard InChI is InChI=1S/C11H22N2O2.C6H6FNO/c1-11(2,12(3)4)15-10(14)13-8-6-5-7-9-13;7-4-1-2-5(8)6(9)3-4/h5-9H2,1-4H3;1-3,9H,8H2. The first-order valence-electron chi connectivity index (χ1n) is 8.03. The number of anilines is 1. The molecule has 0 unspecified atom stereocenters. The summed E-state index contributed by atoms with van der Waals surface area (Å²) in [6, 6.07) is 3.47. The smallest absolute Gasteiger partial charge is 0.411 e. The molecule has 1 heterocycles. The number of hydrogen-bond acceptors (Lipinski definition) is 5. The zero-order valence-corrected chi connectivity index (χ0v) is 14.9. The van der Waals surface area contributed by atoms with Gasteiger partial charge in [-0.05, 0) is 59.3 Å². The molecule has 0 aromatic heterocycles. The number of phenols is 1. The maximum atomic E-state index is 12.1. The summed E-state index contributed by atoms with van der Waals surface area (Å²) in [4.78, 5) is 15.5. The second kappa shape index (κ2) is 8.73. The Morgan fingerprint density at radius 1 is 1.29 bits per heavy atom. The number of nitrogens with zero attached hydrogens (tertiary/aromatic N) is 2. The number of phenolic OH excluding ortho intramolecular Hbond substituents is 1. The lowest BCUT2D eigenvalue weighted by atomic mass is 10.1. The molecule has 1 aromatic rings. The van der Waals surface area contributed by atoms with E-state index in [1.807, 2.05) is 32.8 Å². The van der Waals surface area contributed by atoms with Gasteiger partial charge in [0.25, 0.3) is 0 Å². The van der Waals surface area contributed by atoms with Gasteiger partial charge in [0.05, 0.1) is 5.69 Å². The maximum absolute atomic E-state index is 12.1. The summed E-state index contributed by atoms with van der Waals surface area (Å²) in [5, 5.41) is 8.74. The predicted octanol–water partition coefficient (Wildman–Crippen LogP) is 3.02. The van der Waals surface area contributed by atoms with Crippen molar-refractivity contribution in [1.82, 2.24) is 9.80 Å². The van der Waals surface area contributed by atoms with E-state index in [1.54, 1.807) is 4.90 Å². The van der Waals surface area contributed by atoms with Crippen molar-refractivity contribution in [2.75, 3.05) is 32.9 Å². The van der Waals surface area contributed by atoms with Crippen LogP contribution in [-0.4, -0.2) is 53.9 Å². The number of rotatable bonds is 2. The average Bonchev–Trinajstić information content (AvgIpc) is 2.52. The van der Waals surface area contributed by atoms with E-state index in [0.717, 1.165) is 32.0 Å². The van der Waals surface area contributed by atoms with E-state index in [9.17, 15) is 9.18 Å². The zero-order chi connectivity index (χ0) is 18.3. The number of carbonyl (C=O) groups is 1. The molecule has 1 aliphatic heterocycles. The number of hydrogen-bond donors (Lipinski definition) is 2. The van der Waals surface area contributed by atoms with Crippen molar-refractivity contribution in [1.29, 1.82) is 0 Å². The second-order valence-corrected chi connectivity index (χ2v) is 6.46. The Bertz CT molecular complexity index is 544. The van der Waals surface area contributed by atoms with Crippen molar-refractivity contribution in [2.45, 2.75) is 38.8 Å². The minimum Gasteiger partial charge on any atom is -0.506 e. The number of piperidine rings is 1. The first kappa shape index (κ1) is 20.0. The monoisotopic (exact) mass is 341 g/mol. The van der Waals surface area contributed by atoms with E-state index in [1.165, 1.54) is 18.6 Å². The van der Waals surface area contributed by atoms with Gasteiger partial charge in [-0.2, -0.15) is 0 Å². The molecule has 0 atom stereocenters. The lowest BCUT2D eigenvalue weighted by molar-refractivity contribution is -0.0739. The summed E-state index contributed by atoms with van der Waals surface area (Å²) < 4.78 is 17.6. The molecule has 1 amide bonds. The summed E-state index contributed by atoms with van der Waals surface area (Å²) in [6.07, 6.45) is 3.23. The van der Waals surface area contributed by atoms with E-state index in [4.69, 9.17) is 15.6 Å². The van der Waals surface area contributed by atoms with Crippen LogP contribution in [0.4, 0.5) is 14.9 Å². The lowest BCUT2D eigenvalue weighted by Crippen LogP contribution is -2.47. The van der Waals surface area contributed by atoms with Crippen molar-refractivity contribution in [3.8, 4) is 5.75 Å². The molecule has 2 rings (SSSR count). The summed E-state index contributed by atoms with van der Waals surface area (Å²) >= 11 is 0. The molecule has 1 aromatic carbocycles. The highest BCUT2D eigenvalue weighted by atomic mass is 19.1. The van der Waals surface area contributed by atoms with Crippen LogP contribution in [0.15, 0.2) is 18.2 Å². The third-order valence-corrected chi connectivity index (χ3v) is 4.02. The van der Waals surface area contributed by atoms with Crippen LogP contribution < -0.4 is 5.73 Å². The van der Waals surface area contributed by atoms with Gasteiger partial charge in [0.2, 0.25) is 0 Å². The van der Waals surface area contributed by atoms with Gasteiger partial charge in [0.15, 0.2) is 5.72 Å². The summed E-state index contributed by atoms with van der Waals surface area (Å²) in [5.74, 6) is -0.697. The van der Waals surface area contributed by atoms with Gasteiger partial charge in [-0.1, -0.05) is 0 Å². The van der Waals surface area contributed by atoms with Gasteiger partial charge in [-0.15, -0.1) is 0 Å². The predicted molar refractivity (Wildman–Crippen MR) is 92.1 cm³/mol. The Kier molecular flexibility index (Phi) is 7.28. The normalized spacial score (nSPS) is 14.8. The number of amides is 1. The van der Waals surface area contributed by atoms with Gasteiger partial charge in [0, 0.05) is 19.2 Å². The number of benzene rings is 1. The molecule has 24 heavy (non-hydrogen) atoms. The van der Waals surface area contributed by atoms with Crippen molar-refractivity contribution in [2.24, 2.45) is 0 Å². The van der Waals surface area contributed by atoms with Crippen LogP contribution in [0.5, 0.6) is 5.75 Å². The van der Waals surface area contributed by atoms with Crippen molar-refractivity contribution in [3.05, 3.63) is 24.0 Å². The third kappa shape index (κ3) is 6.23. The van der Waals surface area contributed by atoms with Crippen LogP contribution in [0.2, 0.25) is 0 Å². The van der Waals surface area contributed by atoms with Crippen LogP contribution >= 0.6 is 0 Å². The summed E-state index contributed by atoms with van der Waals surface area (Å²) in [7, 11) is 3.81. The number of carbonyl (C=O) groups excluding carboxylic acids is 1. The highest BCUT2D eigenvalue weighted by Crippen LogP contribution is 2.19. The van der Waals surface area contributed by atoms with Crippen molar-refractivity contribution < 1.29 is 19.0 Å². The Morgan fingerprint density at radius 3 is 2.33 bits per heavy atom. The number of nitrogen functional groups attached to an aromatic ring is 1. The minimum absolute atomic E-state index is 0.187. The molecule has 136 valence electrons. The first-order valence-corrected chi connectivity index (χ1v) is 8.03. The topological polar surface area (TPSA) is 79.0 Å². The minimum atomic E-state index is -0.533. The van der Waals surface area contributed by atoms with Crippen LogP contribution in [-0.2, 0) is 4.74 Å². The van der Waals surface area contributed by atoms with Crippen LogP contribution in [0.25, 0.3) is 0 Å². The number of ether oxygens (including phenoxy) is 1. The molecule has 0 aliphatic carbocycles. The van der Waals surface area contributed by atoms with Crippen LogP contribution in [0, 0.1) is 5.82 Å². The fraction of sp³-hybridized carbons (Fsp3) is 0.588. The zero-order valence-electron chi connectivity index (χ0n) is 14.9. The third-order valence-electron chi connectivity index (χ3n) is 4.02. The molecule has 0 spiro atoms. The molecule has 1 saturated heterocycles. The SMILES string of the molecule is CN(C)C(C)(C)OC(=O)N1CCCCC1.Nc1ccc(F)cc1O. The molecule has 3 N–H and O–H groups in total. The van der Waals surface area contributed by atoms with Gasteiger partial charge >= 0.3 is 6.09 Å². The van der Waals surface area contributed by atoms with E-state index in [2.05, 4.69) is 0 Å². The van der Waals surface area contributed by atoms with E-state index in [-0.39, 0.29) is 17.5 Å². The highest BCUT2D eigenvalue weighted by molar-refractivity contribution is 5.68. The Hall–Kier alpha value is -2.02. The van der Waals surface area contributed by atoms with Gasteiger partial charge in [-0.25, -0.2) is 9.18 Å². The van der Waals surface area contributed by atoms with E-state index < -0.39 is 11.5 Å². The second-order valence-electron chi connectivity index (χ2n) is 6.46. The fourth-order valence-electron chi connectivity index (χ4n) is 1.96. The Balaban J connectivity index is 0.000000272. The molecule has 0 radical (unpaired) electrons. The maximum Gasteiger partial charge on any atom is 0.411 e. The Labute approximate surface area is 143 Å². The molecule has 6 nitrogen and oxygen atoms in total. The van der Waals surface area contributed by atoms with Gasteiger partial charge in [-0.3, -0.25) is 4.90 Å². The van der Waals surface area contributed by atoms with Gasteiger partial charge in [0.1, 0.15) is 11.6 Å². The van der Waals surface area contributed by atoms with Crippen molar-refractivity contribution >= 4 is 11.8 Å². The molecule has 7 heteroatoms. The Morgan fingerprint density at radius 2 is 1.88 bits per heavy atom. The first-order chi connectivity index (χ1) is 11.1. The molecular formula is C17H28FN3O3. The summed E-state index contributed by atoms with van der Waals surface area (Å²) in [5.41, 5.74) is 4.83.